The average Bonchev–Trinajstić information content (AvgIpc) is 3.38. The van der Waals surface area contributed by atoms with Crippen molar-refractivity contribution in [3.63, 3.8) is 0 Å². The van der Waals surface area contributed by atoms with Gasteiger partial charge in [0, 0.05) is 14.6 Å². The van der Waals surface area contributed by atoms with Crippen LogP contribution in [0.4, 0.5) is 9.59 Å². The number of nitrogens with one attached hydrogen (secondary N) is 2. The van der Waals surface area contributed by atoms with Crippen LogP contribution in [0.15, 0.2) is 30.3 Å². The van der Waals surface area contributed by atoms with E-state index in [-0.39, 0.29) is 24.6 Å². The molecule has 1 aromatic rings. The lowest BCUT2D eigenvalue weighted by molar-refractivity contribution is -0.137. The lowest BCUT2D eigenvalue weighted by atomic mass is 9.85. The van der Waals surface area contributed by atoms with Gasteiger partial charge in [-0.1, -0.05) is 70.7 Å². The molecule has 200 valence electrons. The minimum atomic E-state index is -1.29. The molecule has 0 spiro atoms. The summed E-state index contributed by atoms with van der Waals surface area (Å²) in [5.41, 5.74) is 0.364. The summed E-state index contributed by atoms with van der Waals surface area (Å²) in [7, 11) is -1.29. The molecule has 0 aromatic heterocycles. The van der Waals surface area contributed by atoms with E-state index in [1.54, 1.807) is 0 Å². The average molecular weight is 518 g/mol. The number of hydrogen-bond acceptors (Lipinski definition) is 5. The van der Waals surface area contributed by atoms with Crippen LogP contribution in [0, 0.1) is 11.3 Å². The molecule has 0 unspecified atom stereocenters. The standard InChI is InChI=1S/C27H43N3O5Si/c1-27(2,3)23(29-26(33)35-18-19-10-8-7-9-11-19)24(31)30-15-14-20-12-13-21(22(20)30)28-25(32)34-16-17-36(4,5)6/h7-11,20-23H,12-18H2,1-6H3,(H,28,32)(H,29,33)/t20-,21+,22+,23-/m1/s1. The van der Waals surface area contributed by atoms with E-state index in [1.807, 2.05) is 56.0 Å². The summed E-state index contributed by atoms with van der Waals surface area (Å²) in [4.78, 5) is 40.7. The predicted octanol–water partition coefficient (Wildman–Crippen LogP) is 4.77. The molecular weight excluding hydrogens is 474 g/mol. The van der Waals surface area contributed by atoms with Crippen molar-refractivity contribution in [2.24, 2.45) is 11.3 Å². The fourth-order valence-corrected chi connectivity index (χ4v) is 5.77. The van der Waals surface area contributed by atoms with E-state index < -0.39 is 31.7 Å². The van der Waals surface area contributed by atoms with Crippen LogP contribution in [-0.2, 0) is 20.9 Å². The number of ether oxygens (including phenoxy) is 2. The van der Waals surface area contributed by atoms with Gasteiger partial charge in [0.05, 0.1) is 18.7 Å². The summed E-state index contributed by atoms with van der Waals surface area (Å²) in [5.74, 6) is 0.208. The summed E-state index contributed by atoms with van der Waals surface area (Å²) in [6.07, 6.45) is 1.65. The molecule has 1 heterocycles. The molecule has 2 N–H and O–H groups in total. The zero-order chi connectivity index (χ0) is 26.5. The van der Waals surface area contributed by atoms with E-state index in [2.05, 4.69) is 30.3 Å². The van der Waals surface area contributed by atoms with Gasteiger partial charge >= 0.3 is 12.2 Å². The number of rotatable bonds is 8. The Hall–Kier alpha value is -2.55. The first-order valence-corrected chi connectivity index (χ1v) is 16.8. The number of likely N-dealkylation sites (tertiary alicyclic amines) is 1. The molecule has 2 fully saturated rings. The van der Waals surface area contributed by atoms with Crippen molar-refractivity contribution in [2.45, 2.75) is 90.5 Å². The zero-order valence-electron chi connectivity index (χ0n) is 22.6. The molecule has 3 amide bonds. The Labute approximate surface area is 216 Å². The number of amides is 3. The Bertz CT molecular complexity index is 912. The summed E-state index contributed by atoms with van der Waals surface area (Å²) in [5, 5.41) is 5.85. The topological polar surface area (TPSA) is 97.0 Å². The van der Waals surface area contributed by atoms with Gasteiger partial charge in [-0.05, 0) is 42.2 Å². The van der Waals surface area contributed by atoms with E-state index in [9.17, 15) is 14.4 Å². The Balaban J connectivity index is 1.62. The normalized spacial score (nSPS) is 22.5. The van der Waals surface area contributed by atoms with Crippen LogP contribution in [-0.4, -0.2) is 62.3 Å². The van der Waals surface area contributed by atoms with Crippen molar-refractivity contribution in [1.82, 2.24) is 15.5 Å². The Morgan fingerprint density at radius 3 is 2.36 bits per heavy atom. The third-order valence-corrected chi connectivity index (χ3v) is 8.81. The number of alkyl carbamates (subject to hydrolysis) is 2. The maximum Gasteiger partial charge on any atom is 0.408 e. The lowest BCUT2D eigenvalue weighted by Gasteiger charge is -2.37. The van der Waals surface area contributed by atoms with Crippen molar-refractivity contribution in [1.29, 1.82) is 0 Å². The van der Waals surface area contributed by atoms with Crippen LogP contribution in [0.5, 0.6) is 0 Å². The number of fused-ring (bicyclic) bond motifs is 1. The molecule has 0 bridgehead atoms. The largest absolute Gasteiger partial charge is 0.450 e. The van der Waals surface area contributed by atoms with Gasteiger partial charge in [-0.3, -0.25) is 4.79 Å². The van der Waals surface area contributed by atoms with Crippen molar-refractivity contribution in [3.8, 4) is 0 Å². The van der Waals surface area contributed by atoms with Crippen LogP contribution in [0.3, 0.4) is 0 Å². The number of hydrogen-bond donors (Lipinski definition) is 2. The smallest absolute Gasteiger partial charge is 0.408 e. The fourth-order valence-electron chi connectivity index (χ4n) is 5.06. The monoisotopic (exact) mass is 517 g/mol. The van der Waals surface area contributed by atoms with E-state index in [0.717, 1.165) is 30.9 Å². The summed E-state index contributed by atoms with van der Waals surface area (Å²) >= 11 is 0. The van der Waals surface area contributed by atoms with E-state index in [0.29, 0.717) is 19.1 Å². The summed E-state index contributed by atoms with van der Waals surface area (Å²) < 4.78 is 10.8. The number of nitrogens with zero attached hydrogens (tertiary/aromatic N) is 1. The van der Waals surface area contributed by atoms with Crippen molar-refractivity contribution in [3.05, 3.63) is 35.9 Å². The second kappa shape index (κ2) is 11.7. The van der Waals surface area contributed by atoms with Gasteiger partial charge in [-0.2, -0.15) is 0 Å². The highest BCUT2D eigenvalue weighted by molar-refractivity contribution is 6.76. The van der Waals surface area contributed by atoms with Crippen LogP contribution in [0.2, 0.25) is 25.7 Å². The lowest BCUT2D eigenvalue weighted by Crippen LogP contribution is -2.58. The number of carbonyl (C=O) groups is 3. The number of benzene rings is 1. The SMILES string of the molecule is CC(C)(C)[C@H](NC(=O)OCc1ccccc1)C(=O)N1CC[C@H]2CC[C@H](NC(=O)OCC[Si](C)(C)C)[C@H]21. The minimum Gasteiger partial charge on any atom is -0.450 e. The highest BCUT2D eigenvalue weighted by Gasteiger charge is 2.49. The molecule has 4 atom stereocenters. The first kappa shape index (κ1) is 28.0. The van der Waals surface area contributed by atoms with Gasteiger partial charge in [0.15, 0.2) is 0 Å². The molecule has 1 aliphatic carbocycles. The summed E-state index contributed by atoms with van der Waals surface area (Å²) in [6, 6.07) is 9.37. The Kier molecular flexibility index (Phi) is 9.08. The van der Waals surface area contributed by atoms with Crippen LogP contribution >= 0.6 is 0 Å². The van der Waals surface area contributed by atoms with Gasteiger partial charge in [-0.15, -0.1) is 0 Å². The highest BCUT2D eigenvalue weighted by atomic mass is 28.3. The Morgan fingerprint density at radius 2 is 1.72 bits per heavy atom. The zero-order valence-corrected chi connectivity index (χ0v) is 23.6. The maximum absolute atomic E-state index is 13.8. The third kappa shape index (κ3) is 7.72. The van der Waals surface area contributed by atoms with E-state index >= 15 is 0 Å². The maximum atomic E-state index is 13.8. The van der Waals surface area contributed by atoms with Gasteiger partial charge < -0.3 is 25.0 Å². The van der Waals surface area contributed by atoms with Crippen molar-refractivity contribution >= 4 is 26.2 Å². The predicted molar refractivity (Wildman–Crippen MR) is 142 cm³/mol. The van der Waals surface area contributed by atoms with Gasteiger partial charge in [0.1, 0.15) is 12.6 Å². The molecule has 1 saturated carbocycles. The summed E-state index contributed by atoms with van der Waals surface area (Å²) in [6.45, 7) is 13.7. The quantitative estimate of drug-likeness (QED) is 0.484. The first-order valence-electron chi connectivity index (χ1n) is 13.1. The molecule has 1 saturated heterocycles. The van der Waals surface area contributed by atoms with Crippen LogP contribution < -0.4 is 10.6 Å². The van der Waals surface area contributed by atoms with Gasteiger partial charge in [-0.25, -0.2) is 9.59 Å². The second-order valence-corrected chi connectivity index (χ2v) is 18.0. The second-order valence-electron chi connectivity index (χ2n) is 12.4. The van der Waals surface area contributed by atoms with Gasteiger partial charge in [0.25, 0.3) is 0 Å². The molecule has 1 aliphatic heterocycles. The highest BCUT2D eigenvalue weighted by Crippen LogP contribution is 2.39. The number of carbonyl (C=O) groups excluding carboxylic acids is 3. The molecule has 9 heteroatoms. The molecule has 8 nitrogen and oxygen atoms in total. The van der Waals surface area contributed by atoms with Crippen molar-refractivity contribution < 1.29 is 23.9 Å². The van der Waals surface area contributed by atoms with Crippen LogP contribution in [0.1, 0.15) is 45.6 Å². The molecule has 0 radical (unpaired) electrons. The third-order valence-electron chi connectivity index (χ3n) is 7.10. The molecule has 36 heavy (non-hydrogen) atoms. The molecule has 1 aromatic carbocycles. The van der Waals surface area contributed by atoms with Crippen LogP contribution in [0.25, 0.3) is 0 Å². The minimum absolute atomic E-state index is 0.0889. The van der Waals surface area contributed by atoms with E-state index in [1.165, 1.54) is 0 Å². The van der Waals surface area contributed by atoms with E-state index in [4.69, 9.17) is 9.47 Å². The molecule has 3 rings (SSSR count). The van der Waals surface area contributed by atoms with Gasteiger partial charge in [0.2, 0.25) is 5.91 Å². The molecule has 2 aliphatic rings. The Morgan fingerprint density at radius 1 is 1.03 bits per heavy atom. The van der Waals surface area contributed by atoms with Crippen molar-refractivity contribution in [2.75, 3.05) is 13.2 Å². The fraction of sp³-hybridized carbons (Fsp3) is 0.667. The molecular formula is C27H43N3O5Si. The first-order chi connectivity index (χ1) is 16.8.